The third-order valence-corrected chi connectivity index (χ3v) is 6.14. The summed E-state index contributed by atoms with van der Waals surface area (Å²) in [6, 6.07) is 14.6. The molecule has 160 valence electrons. The molecule has 0 spiro atoms. The number of hydrogen-bond donors (Lipinski definition) is 1. The maximum Gasteiger partial charge on any atom is 0.221 e. The van der Waals surface area contributed by atoms with Crippen LogP contribution in [0.15, 0.2) is 42.5 Å². The van der Waals surface area contributed by atoms with Crippen LogP contribution in [-0.4, -0.2) is 57.2 Å². The van der Waals surface area contributed by atoms with E-state index in [2.05, 4.69) is 34.1 Å². The first-order chi connectivity index (χ1) is 14.6. The number of anilines is 1. The molecule has 1 amide bonds. The molecule has 2 aromatic carbocycles. The highest BCUT2D eigenvalue weighted by atomic mass is 16.5. The van der Waals surface area contributed by atoms with Gasteiger partial charge in [0.2, 0.25) is 5.91 Å². The average molecular weight is 410 g/mol. The van der Waals surface area contributed by atoms with Crippen LogP contribution in [0.1, 0.15) is 29.2 Å². The summed E-state index contributed by atoms with van der Waals surface area (Å²) in [7, 11) is 1.70. The standard InChI is InChI=1S/C24H31N3O3/c1-29-21-5-3-20(4-6-21)27-13-11-26(12-14-27)10-8-23-22-7-2-18(17-24(25)28)16-19(22)9-15-30-23/h2-7,16,23H,8-15,17H2,1H3,(H2,25,28)/t23-/m0/s1. The van der Waals surface area contributed by atoms with Crippen molar-refractivity contribution in [3.8, 4) is 5.75 Å². The Labute approximate surface area is 178 Å². The fraction of sp³-hybridized carbons (Fsp3) is 0.458. The topological polar surface area (TPSA) is 68.0 Å². The number of nitrogens with two attached hydrogens (primary N) is 1. The van der Waals surface area contributed by atoms with E-state index in [-0.39, 0.29) is 12.0 Å². The molecule has 2 aromatic rings. The van der Waals surface area contributed by atoms with Gasteiger partial charge in [0.05, 0.1) is 26.2 Å². The molecule has 2 N–H and O–H groups in total. The van der Waals surface area contributed by atoms with E-state index >= 15 is 0 Å². The lowest BCUT2D eigenvalue weighted by Gasteiger charge is -2.37. The molecule has 2 aliphatic rings. The molecule has 0 aliphatic carbocycles. The van der Waals surface area contributed by atoms with Crippen molar-refractivity contribution in [3.05, 3.63) is 59.2 Å². The van der Waals surface area contributed by atoms with Crippen LogP contribution in [0.25, 0.3) is 0 Å². The highest BCUT2D eigenvalue weighted by molar-refractivity contribution is 5.76. The molecule has 6 heteroatoms. The fourth-order valence-electron chi connectivity index (χ4n) is 4.46. The number of fused-ring (bicyclic) bond motifs is 1. The Morgan fingerprint density at radius 3 is 2.60 bits per heavy atom. The third-order valence-electron chi connectivity index (χ3n) is 6.14. The van der Waals surface area contributed by atoms with Gasteiger partial charge in [0.1, 0.15) is 5.75 Å². The highest BCUT2D eigenvalue weighted by Crippen LogP contribution is 2.31. The summed E-state index contributed by atoms with van der Waals surface area (Å²) in [5.74, 6) is 0.610. The number of methoxy groups -OCH3 is 1. The second-order valence-electron chi connectivity index (χ2n) is 8.10. The summed E-state index contributed by atoms with van der Waals surface area (Å²) >= 11 is 0. The monoisotopic (exact) mass is 409 g/mol. The normalized spacial score (nSPS) is 19.4. The third kappa shape index (κ3) is 4.94. The number of carbonyl (C=O) groups is 1. The molecule has 0 bridgehead atoms. The average Bonchev–Trinajstić information content (AvgIpc) is 2.77. The van der Waals surface area contributed by atoms with Gasteiger partial charge >= 0.3 is 0 Å². The molecule has 6 nitrogen and oxygen atoms in total. The van der Waals surface area contributed by atoms with Crippen molar-refractivity contribution >= 4 is 11.6 Å². The van der Waals surface area contributed by atoms with Gasteiger partial charge in [-0.2, -0.15) is 0 Å². The summed E-state index contributed by atoms with van der Waals surface area (Å²) in [5, 5.41) is 0. The molecular formula is C24H31N3O3. The molecule has 0 unspecified atom stereocenters. The van der Waals surface area contributed by atoms with Crippen LogP contribution in [0.3, 0.4) is 0 Å². The van der Waals surface area contributed by atoms with Crippen molar-refractivity contribution in [1.29, 1.82) is 0 Å². The molecule has 2 aliphatic heterocycles. The van der Waals surface area contributed by atoms with E-state index in [9.17, 15) is 4.79 Å². The first kappa shape index (κ1) is 20.7. The van der Waals surface area contributed by atoms with Crippen molar-refractivity contribution in [1.82, 2.24) is 4.90 Å². The minimum Gasteiger partial charge on any atom is -0.497 e. The van der Waals surface area contributed by atoms with Gasteiger partial charge in [0, 0.05) is 38.4 Å². The molecular weight excluding hydrogens is 378 g/mol. The summed E-state index contributed by atoms with van der Waals surface area (Å²) in [5.41, 5.74) is 10.2. The van der Waals surface area contributed by atoms with E-state index in [1.165, 1.54) is 16.8 Å². The van der Waals surface area contributed by atoms with E-state index in [4.69, 9.17) is 15.2 Å². The summed E-state index contributed by atoms with van der Waals surface area (Å²) in [6.45, 7) is 5.95. The number of primary amides is 1. The van der Waals surface area contributed by atoms with Crippen LogP contribution >= 0.6 is 0 Å². The number of carbonyl (C=O) groups excluding carboxylic acids is 1. The number of ether oxygens (including phenoxy) is 2. The van der Waals surface area contributed by atoms with Gasteiger partial charge in [-0.15, -0.1) is 0 Å². The van der Waals surface area contributed by atoms with Crippen LogP contribution in [0.5, 0.6) is 5.75 Å². The Kier molecular flexibility index (Phi) is 6.55. The Morgan fingerprint density at radius 2 is 1.90 bits per heavy atom. The number of nitrogens with zero attached hydrogens (tertiary/aromatic N) is 2. The van der Waals surface area contributed by atoms with Crippen LogP contribution < -0.4 is 15.4 Å². The number of piperazine rings is 1. The zero-order chi connectivity index (χ0) is 20.9. The van der Waals surface area contributed by atoms with E-state index in [1.54, 1.807) is 7.11 Å². The fourth-order valence-corrected chi connectivity index (χ4v) is 4.46. The van der Waals surface area contributed by atoms with Gasteiger partial charge in [-0.1, -0.05) is 18.2 Å². The molecule has 4 rings (SSSR count). The molecule has 0 saturated carbocycles. The van der Waals surface area contributed by atoms with Crippen molar-refractivity contribution < 1.29 is 14.3 Å². The lowest BCUT2D eigenvalue weighted by molar-refractivity contribution is -0.117. The number of hydrogen-bond acceptors (Lipinski definition) is 5. The van der Waals surface area contributed by atoms with Crippen molar-refractivity contribution in [2.75, 3.05) is 51.3 Å². The maximum atomic E-state index is 11.2. The predicted octanol–water partition coefficient (Wildman–Crippen LogP) is 2.55. The zero-order valence-corrected chi connectivity index (χ0v) is 17.7. The van der Waals surface area contributed by atoms with Gasteiger partial charge in [-0.25, -0.2) is 0 Å². The van der Waals surface area contributed by atoms with Crippen LogP contribution in [0.2, 0.25) is 0 Å². The Bertz CT molecular complexity index is 860. The quantitative estimate of drug-likeness (QED) is 0.761. The molecule has 1 atom stereocenters. The van der Waals surface area contributed by atoms with E-state index < -0.39 is 0 Å². The highest BCUT2D eigenvalue weighted by Gasteiger charge is 2.23. The van der Waals surface area contributed by atoms with Crippen LogP contribution in [0, 0.1) is 0 Å². The minimum atomic E-state index is -0.285. The second-order valence-corrected chi connectivity index (χ2v) is 8.10. The molecule has 0 radical (unpaired) electrons. The van der Waals surface area contributed by atoms with Crippen molar-refractivity contribution in [2.24, 2.45) is 5.73 Å². The number of rotatable bonds is 7. The number of benzene rings is 2. The van der Waals surface area contributed by atoms with Gasteiger partial charge < -0.3 is 20.1 Å². The molecule has 1 saturated heterocycles. The Balaban J connectivity index is 1.29. The largest absolute Gasteiger partial charge is 0.497 e. The molecule has 2 heterocycles. The van der Waals surface area contributed by atoms with Crippen molar-refractivity contribution in [2.45, 2.75) is 25.4 Å². The number of amides is 1. The predicted molar refractivity (Wildman–Crippen MR) is 118 cm³/mol. The van der Waals surface area contributed by atoms with E-state index in [0.717, 1.165) is 63.5 Å². The SMILES string of the molecule is COc1ccc(N2CCN(CC[C@@H]3OCCc4cc(CC(N)=O)ccc43)CC2)cc1. The van der Waals surface area contributed by atoms with Crippen molar-refractivity contribution in [3.63, 3.8) is 0 Å². The van der Waals surface area contributed by atoms with Gasteiger partial charge in [0.25, 0.3) is 0 Å². The van der Waals surface area contributed by atoms with E-state index in [1.807, 2.05) is 18.2 Å². The Hall–Kier alpha value is -2.57. The van der Waals surface area contributed by atoms with Gasteiger partial charge in [-0.3, -0.25) is 9.69 Å². The lowest BCUT2D eigenvalue weighted by Crippen LogP contribution is -2.46. The first-order valence-electron chi connectivity index (χ1n) is 10.8. The second kappa shape index (κ2) is 9.49. The molecule has 0 aromatic heterocycles. The van der Waals surface area contributed by atoms with E-state index in [0.29, 0.717) is 6.42 Å². The summed E-state index contributed by atoms with van der Waals surface area (Å²) in [6.07, 6.45) is 2.33. The summed E-state index contributed by atoms with van der Waals surface area (Å²) in [4.78, 5) is 16.2. The smallest absolute Gasteiger partial charge is 0.221 e. The van der Waals surface area contributed by atoms with Gasteiger partial charge in [-0.05, 0) is 53.8 Å². The lowest BCUT2D eigenvalue weighted by atomic mass is 9.93. The maximum absolute atomic E-state index is 11.2. The minimum absolute atomic E-state index is 0.135. The Morgan fingerprint density at radius 1 is 1.13 bits per heavy atom. The molecule has 30 heavy (non-hydrogen) atoms. The van der Waals surface area contributed by atoms with Crippen LogP contribution in [-0.2, 0) is 22.4 Å². The summed E-state index contributed by atoms with van der Waals surface area (Å²) < 4.78 is 11.3. The zero-order valence-electron chi connectivity index (χ0n) is 17.7. The van der Waals surface area contributed by atoms with Crippen LogP contribution in [0.4, 0.5) is 5.69 Å². The first-order valence-corrected chi connectivity index (χ1v) is 10.8. The molecule has 1 fully saturated rings. The van der Waals surface area contributed by atoms with Gasteiger partial charge in [0.15, 0.2) is 0 Å².